The fourth-order valence-electron chi connectivity index (χ4n) is 7.98. The minimum atomic E-state index is -0.810. The lowest BCUT2D eigenvalue weighted by atomic mass is 10.0. The van der Waals surface area contributed by atoms with Crippen LogP contribution in [0.5, 0.6) is 0 Å². The van der Waals surface area contributed by atoms with Gasteiger partial charge in [0, 0.05) is 19.3 Å². The van der Waals surface area contributed by atoms with Crippen LogP contribution < -0.4 is 0 Å². The third-order valence-electron chi connectivity index (χ3n) is 12.4. The van der Waals surface area contributed by atoms with Gasteiger partial charge in [-0.05, 0) is 103 Å². The van der Waals surface area contributed by atoms with Gasteiger partial charge in [0.05, 0.1) is 0 Å². The summed E-state index contributed by atoms with van der Waals surface area (Å²) in [6.07, 6.45) is 74.5. The highest BCUT2D eigenvalue weighted by Crippen LogP contribution is 2.15. The summed E-state index contributed by atoms with van der Waals surface area (Å²) in [6, 6.07) is 0. The van der Waals surface area contributed by atoms with Crippen LogP contribution in [-0.2, 0) is 28.6 Å². The molecular formula is C63H108O6. The molecule has 6 nitrogen and oxygen atoms in total. The molecule has 0 spiro atoms. The molecule has 0 fully saturated rings. The van der Waals surface area contributed by atoms with Crippen LogP contribution in [0.4, 0.5) is 0 Å². The number of allylic oxidation sites excluding steroid dienone is 14. The van der Waals surface area contributed by atoms with Crippen LogP contribution in [0.1, 0.15) is 278 Å². The van der Waals surface area contributed by atoms with E-state index in [0.29, 0.717) is 19.3 Å². The third-order valence-corrected chi connectivity index (χ3v) is 12.4. The molecule has 1 atom stereocenters. The molecular weight excluding hydrogens is 853 g/mol. The van der Waals surface area contributed by atoms with Gasteiger partial charge in [-0.3, -0.25) is 14.4 Å². The first-order valence-electron chi connectivity index (χ1n) is 29.1. The van der Waals surface area contributed by atoms with Crippen molar-refractivity contribution in [3.8, 4) is 0 Å². The van der Waals surface area contributed by atoms with E-state index in [0.717, 1.165) is 89.9 Å². The normalized spacial score (nSPS) is 12.7. The van der Waals surface area contributed by atoms with Crippen molar-refractivity contribution in [3.05, 3.63) is 85.1 Å². The van der Waals surface area contributed by atoms with Crippen molar-refractivity contribution < 1.29 is 28.6 Å². The fraction of sp³-hybridized carbons (Fsp3) is 0.730. The van der Waals surface area contributed by atoms with Crippen molar-refractivity contribution >= 4 is 17.9 Å². The van der Waals surface area contributed by atoms with Gasteiger partial charge in [-0.2, -0.15) is 0 Å². The average Bonchev–Trinajstić information content (AvgIpc) is 3.35. The molecule has 1 unspecified atom stereocenters. The number of hydrogen-bond acceptors (Lipinski definition) is 6. The zero-order chi connectivity index (χ0) is 50.0. The van der Waals surface area contributed by atoms with Gasteiger partial charge in [-0.15, -0.1) is 0 Å². The van der Waals surface area contributed by atoms with Crippen molar-refractivity contribution in [1.29, 1.82) is 0 Å². The van der Waals surface area contributed by atoms with E-state index in [9.17, 15) is 14.4 Å². The third kappa shape index (κ3) is 55.4. The SMILES string of the molecule is CC/C=C\C/C=C\C/C=C\C/C=C\C/C=C\CCCC(=O)OC(COC(=O)CCCCCCC/C=C\CCCC)COC(=O)CCCCCCCCCCCCC/C=C\CCCCCCCCCC. The number of carbonyl (C=O) groups excluding carboxylic acids is 3. The Hall–Kier alpha value is -3.41. The number of hydrogen-bond donors (Lipinski definition) is 0. The van der Waals surface area contributed by atoms with Gasteiger partial charge in [0.1, 0.15) is 13.2 Å². The Morgan fingerprint density at radius 2 is 0.594 bits per heavy atom. The summed E-state index contributed by atoms with van der Waals surface area (Å²) in [7, 11) is 0. The predicted octanol–water partition coefficient (Wildman–Crippen LogP) is 19.5. The van der Waals surface area contributed by atoms with Crippen LogP contribution >= 0.6 is 0 Å². The number of carbonyl (C=O) groups is 3. The highest BCUT2D eigenvalue weighted by atomic mass is 16.6. The van der Waals surface area contributed by atoms with Crippen molar-refractivity contribution in [1.82, 2.24) is 0 Å². The van der Waals surface area contributed by atoms with Crippen molar-refractivity contribution in [2.24, 2.45) is 0 Å². The summed E-state index contributed by atoms with van der Waals surface area (Å²) in [5, 5.41) is 0. The summed E-state index contributed by atoms with van der Waals surface area (Å²) >= 11 is 0. The van der Waals surface area contributed by atoms with Crippen molar-refractivity contribution in [3.63, 3.8) is 0 Å². The van der Waals surface area contributed by atoms with Crippen LogP contribution in [0.15, 0.2) is 85.1 Å². The van der Waals surface area contributed by atoms with E-state index in [1.807, 2.05) is 0 Å². The van der Waals surface area contributed by atoms with Crippen molar-refractivity contribution in [2.75, 3.05) is 13.2 Å². The smallest absolute Gasteiger partial charge is 0.306 e. The van der Waals surface area contributed by atoms with E-state index in [2.05, 4.69) is 106 Å². The first kappa shape index (κ1) is 65.6. The first-order valence-corrected chi connectivity index (χ1v) is 29.1. The summed E-state index contributed by atoms with van der Waals surface area (Å²) in [5.41, 5.74) is 0. The molecule has 0 heterocycles. The monoisotopic (exact) mass is 961 g/mol. The Kier molecular flexibility index (Phi) is 54.3. The molecule has 0 aromatic carbocycles. The Morgan fingerprint density at radius 3 is 0.986 bits per heavy atom. The molecule has 0 radical (unpaired) electrons. The Bertz CT molecular complexity index is 1330. The lowest BCUT2D eigenvalue weighted by molar-refractivity contribution is -0.167. The summed E-state index contributed by atoms with van der Waals surface area (Å²) < 4.78 is 16.8. The van der Waals surface area contributed by atoms with Gasteiger partial charge >= 0.3 is 17.9 Å². The molecule has 0 aliphatic rings. The molecule has 0 amide bonds. The number of esters is 3. The lowest BCUT2D eigenvalue weighted by Crippen LogP contribution is -2.30. The lowest BCUT2D eigenvalue weighted by Gasteiger charge is -2.18. The maximum absolute atomic E-state index is 12.8. The highest BCUT2D eigenvalue weighted by Gasteiger charge is 2.19. The number of unbranched alkanes of at least 4 members (excludes halogenated alkanes) is 27. The number of ether oxygens (including phenoxy) is 3. The molecule has 0 saturated carbocycles. The topological polar surface area (TPSA) is 78.9 Å². The van der Waals surface area contributed by atoms with Gasteiger partial charge in [-0.1, -0.05) is 241 Å². The maximum atomic E-state index is 12.8. The largest absolute Gasteiger partial charge is 0.462 e. The first-order chi connectivity index (χ1) is 34.0. The van der Waals surface area contributed by atoms with Gasteiger partial charge in [-0.25, -0.2) is 0 Å². The number of rotatable bonds is 52. The van der Waals surface area contributed by atoms with E-state index in [4.69, 9.17) is 14.2 Å². The minimum absolute atomic E-state index is 0.102. The van der Waals surface area contributed by atoms with Crippen molar-refractivity contribution in [2.45, 2.75) is 284 Å². The van der Waals surface area contributed by atoms with Crippen LogP contribution in [0.3, 0.4) is 0 Å². The summed E-state index contributed by atoms with van der Waals surface area (Å²) in [6.45, 7) is 6.44. The Labute approximate surface area is 426 Å². The molecule has 69 heavy (non-hydrogen) atoms. The van der Waals surface area contributed by atoms with Gasteiger partial charge in [0.25, 0.3) is 0 Å². The molecule has 396 valence electrons. The van der Waals surface area contributed by atoms with E-state index >= 15 is 0 Å². The quantitative estimate of drug-likeness (QED) is 0.0262. The van der Waals surface area contributed by atoms with E-state index < -0.39 is 6.10 Å². The minimum Gasteiger partial charge on any atom is -0.462 e. The van der Waals surface area contributed by atoms with E-state index in [-0.39, 0.29) is 37.5 Å². The molecule has 0 saturated heterocycles. The maximum Gasteiger partial charge on any atom is 0.306 e. The second-order valence-electron chi connectivity index (χ2n) is 19.2. The second-order valence-corrected chi connectivity index (χ2v) is 19.2. The zero-order valence-corrected chi connectivity index (χ0v) is 45.3. The van der Waals surface area contributed by atoms with Crippen LogP contribution in [0, 0.1) is 0 Å². The molecule has 0 aliphatic heterocycles. The average molecular weight is 962 g/mol. The molecule has 0 aliphatic carbocycles. The second kappa shape index (κ2) is 57.2. The van der Waals surface area contributed by atoms with Crippen LogP contribution in [-0.4, -0.2) is 37.2 Å². The molecule has 0 bridgehead atoms. The molecule has 0 aromatic rings. The fourth-order valence-corrected chi connectivity index (χ4v) is 7.98. The van der Waals surface area contributed by atoms with Gasteiger partial charge < -0.3 is 14.2 Å². The molecule has 6 heteroatoms. The molecule has 0 rings (SSSR count). The highest BCUT2D eigenvalue weighted by molar-refractivity contribution is 5.71. The van der Waals surface area contributed by atoms with Gasteiger partial charge in [0.15, 0.2) is 6.10 Å². The van der Waals surface area contributed by atoms with E-state index in [1.54, 1.807) is 0 Å². The summed E-state index contributed by atoms with van der Waals surface area (Å²) in [5.74, 6) is -0.967. The van der Waals surface area contributed by atoms with E-state index in [1.165, 1.54) is 141 Å². The van der Waals surface area contributed by atoms with Crippen LogP contribution in [0.25, 0.3) is 0 Å². The Morgan fingerprint density at radius 1 is 0.304 bits per heavy atom. The zero-order valence-electron chi connectivity index (χ0n) is 45.3. The standard InChI is InChI=1S/C63H108O6/c1-4-7-10-13-16-19-22-24-26-28-29-30-31-32-33-35-36-38-41-44-47-50-53-56-62(65)68-59-60(58-67-61(64)55-52-49-46-43-40-21-18-15-12-9-6-3)69-63(66)57-54-51-48-45-42-39-37-34-27-25-23-20-17-14-11-8-5-2/h8,11,15,17-18,20,25,27-29,37,39,45,48,60H,4-7,9-10,12-14,16,19,21-24,26,30-36,38,40-44,46-47,49-59H2,1-3H3/b11-8-,18-15-,20-17-,27-25-,29-28-,39-37-,48-45-. The molecule has 0 N–H and O–H groups in total. The predicted molar refractivity (Wildman–Crippen MR) is 297 cm³/mol. The Balaban J connectivity index is 4.36. The molecule has 0 aromatic heterocycles. The van der Waals surface area contributed by atoms with Crippen LogP contribution in [0.2, 0.25) is 0 Å². The van der Waals surface area contributed by atoms with Gasteiger partial charge in [0.2, 0.25) is 0 Å². The summed E-state index contributed by atoms with van der Waals surface area (Å²) in [4.78, 5) is 38.1.